The average molecular weight is 612 g/mol. The molecule has 2 aliphatic heterocycles. The monoisotopic (exact) mass is 610 g/mol. The fraction of sp³-hybridized carbons (Fsp3) is 0.483. The Hall–Kier alpha value is -2.73. The Morgan fingerprint density at radius 2 is 1.10 bits per heavy atom. The van der Waals surface area contributed by atoms with E-state index in [9.17, 15) is 14.4 Å². The molecule has 0 unspecified atom stereocenters. The third kappa shape index (κ3) is 8.64. The van der Waals surface area contributed by atoms with Gasteiger partial charge in [0.25, 0.3) is 0 Å². The molecule has 0 amide bonds. The number of carbonyl (C=O) groups excluding carboxylic acids is 2. The second-order valence-corrected chi connectivity index (χ2v) is 9.74. The summed E-state index contributed by atoms with van der Waals surface area (Å²) in [6.45, 7) is 8.71. The number of halogens is 2. The van der Waals surface area contributed by atoms with Gasteiger partial charge in [0.1, 0.15) is 11.2 Å². The van der Waals surface area contributed by atoms with E-state index in [0.29, 0.717) is 24.4 Å². The van der Waals surface area contributed by atoms with Gasteiger partial charge in [0.15, 0.2) is 0 Å². The van der Waals surface area contributed by atoms with Crippen molar-refractivity contribution in [3.63, 3.8) is 0 Å². The molecule has 10 nitrogen and oxygen atoms in total. The quantitative estimate of drug-likeness (QED) is 0.192. The predicted molar refractivity (Wildman–Crippen MR) is 159 cm³/mol. The summed E-state index contributed by atoms with van der Waals surface area (Å²) < 4.78 is 27.4. The first-order valence-electron chi connectivity index (χ1n) is 13.5. The number of carbonyl (C=O) groups is 2. The lowest BCUT2D eigenvalue weighted by Crippen LogP contribution is -2.37. The molecule has 12 heteroatoms. The minimum Gasteiger partial charge on any atom is -0.462 e. The summed E-state index contributed by atoms with van der Waals surface area (Å²) in [5.74, 6) is -0.986. The van der Waals surface area contributed by atoms with Crippen LogP contribution in [0.3, 0.4) is 0 Å². The first-order chi connectivity index (χ1) is 19.1. The van der Waals surface area contributed by atoms with Gasteiger partial charge in [0.2, 0.25) is 5.43 Å². The van der Waals surface area contributed by atoms with Crippen LogP contribution in [0.1, 0.15) is 33.6 Å². The predicted octanol–water partition coefficient (Wildman–Crippen LogP) is 3.55. The van der Waals surface area contributed by atoms with E-state index in [1.165, 1.54) is 12.1 Å². The van der Waals surface area contributed by atoms with Crippen molar-refractivity contribution in [3.05, 3.63) is 57.7 Å². The maximum absolute atomic E-state index is 13.3. The van der Waals surface area contributed by atoms with Crippen molar-refractivity contribution in [2.24, 2.45) is 0 Å². The van der Waals surface area contributed by atoms with Crippen molar-refractivity contribution < 1.29 is 33.0 Å². The molecule has 0 N–H and O–H groups in total. The van der Waals surface area contributed by atoms with Crippen LogP contribution in [0.25, 0.3) is 21.9 Å². The van der Waals surface area contributed by atoms with Crippen molar-refractivity contribution in [2.75, 3.05) is 78.9 Å². The van der Waals surface area contributed by atoms with E-state index in [4.69, 9.17) is 23.4 Å². The topological polar surface area (TPSA) is 108 Å². The van der Waals surface area contributed by atoms with Gasteiger partial charge in [-0.1, -0.05) is 0 Å². The van der Waals surface area contributed by atoms with Crippen molar-refractivity contribution in [3.8, 4) is 0 Å². The number of benzene rings is 2. The van der Waals surface area contributed by atoms with Crippen LogP contribution in [0.5, 0.6) is 0 Å². The smallest absolute Gasteiger partial charge is 0.338 e. The molecule has 0 bridgehead atoms. The molecule has 0 aliphatic carbocycles. The lowest BCUT2D eigenvalue weighted by molar-refractivity contribution is 0.0298. The maximum atomic E-state index is 13.3. The van der Waals surface area contributed by atoms with Crippen LogP contribution < -0.4 is 5.43 Å². The van der Waals surface area contributed by atoms with Crippen LogP contribution >= 0.6 is 24.8 Å². The zero-order valence-corrected chi connectivity index (χ0v) is 24.5. The molecular weight excluding hydrogens is 575 g/mol. The number of ether oxygens (including phenoxy) is 4. The number of fused-ring (bicyclic) bond motifs is 2. The van der Waals surface area contributed by atoms with E-state index in [1.54, 1.807) is 24.3 Å². The molecule has 0 radical (unpaired) electrons. The highest BCUT2D eigenvalue weighted by atomic mass is 35.5. The molecule has 5 rings (SSSR count). The molecule has 41 heavy (non-hydrogen) atoms. The highest BCUT2D eigenvalue weighted by Crippen LogP contribution is 2.21. The van der Waals surface area contributed by atoms with E-state index in [1.807, 2.05) is 0 Å². The summed E-state index contributed by atoms with van der Waals surface area (Å²) in [6, 6.07) is 9.34. The molecule has 0 atom stereocenters. The molecule has 2 aromatic carbocycles. The highest BCUT2D eigenvalue weighted by Gasteiger charge is 2.16. The molecule has 2 fully saturated rings. The Balaban J connectivity index is 0.00000231. The normalized spacial score (nSPS) is 16.1. The van der Waals surface area contributed by atoms with Gasteiger partial charge < -0.3 is 23.4 Å². The molecule has 224 valence electrons. The minimum atomic E-state index is -0.493. The molecule has 0 saturated carbocycles. The zero-order valence-electron chi connectivity index (χ0n) is 22.8. The van der Waals surface area contributed by atoms with E-state index in [0.717, 1.165) is 78.5 Å². The van der Waals surface area contributed by atoms with E-state index >= 15 is 0 Å². The van der Waals surface area contributed by atoms with Gasteiger partial charge in [-0.25, -0.2) is 9.59 Å². The fourth-order valence-electron chi connectivity index (χ4n) is 4.83. The van der Waals surface area contributed by atoms with Crippen molar-refractivity contribution >= 4 is 58.7 Å². The summed E-state index contributed by atoms with van der Waals surface area (Å²) in [6.07, 6.45) is 1.44. The van der Waals surface area contributed by atoms with Gasteiger partial charge in [0, 0.05) is 39.3 Å². The number of hydrogen-bond donors (Lipinski definition) is 0. The number of hydrogen-bond acceptors (Lipinski definition) is 10. The average Bonchev–Trinajstić information content (AvgIpc) is 2.98. The lowest BCUT2D eigenvalue weighted by atomic mass is 10.1. The molecule has 3 heterocycles. The van der Waals surface area contributed by atoms with Gasteiger partial charge in [0.05, 0.1) is 61.5 Å². The fourth-order valence-corrected chi connectivity index (χ4v) is 4.83. The van der Waals surface area contributed by atoms with Gasteiger partial charge in [-0.2, -0.15) is 0 Å². The van der Waals surface area contributed by atoms with Crippen molar-refractivity contribution in [1.29, 1.82) is 0 Å². The molecular formula is C29H36Cl2N2O8. The third-order valence-electron chi connectivity index (χ3n) is 7.05. The largest absolute Gasteiger partial charge is 0.462 e. The summed E-state index contributed by atoms with van der Waals surface area (Å²) in [5, 5.41) is 0.502. The van der Waals surface area contributed by atoms with Crippen LogP contribution in [-0.2, 0) is 18.9 Å². The van der Waals surface area contributed by atoms with Crippen molar-refractivity contribution in [2.45, 2.75) is 12.8 Å². The standard InChI is InChI=1S/C29H34N2O8.2ClH/c32-27-23-19-21(28(33)37-13-1-7-30-9-15-35-16-10-30)3-5-25(23)39-26-6-4-22(20-24(26)27)29(34)38-14-2-8-31-11-17-36-18-12-31;;/h3-6,19-20H,1-2,7-18H2;2*1H. The molecule has 1 aromatic heterocycles. The van der Waals surface area contributed by atoms with Gasteiger partial charge in [-0.15, -0.1) is 24.8 Å². The van der Waals surface area contributed by atoms with Gasteiger partial charge in [-0.3, -0.25) is 14.6 Å². The summed E-state index contributed by atoms with van der Waals surface area (Å²) in [5.41, 5.74) is 0.938. The molecule has 2 saturated heterocycles. The SMILES string of the molecule is Cl.Cl.O=C(OCCCN1CCOCC1)c1ccc2oc3ccc(C(=O)OCCCN4CCOCC4)cc3c(=O)c2c1. The first kappa shape index (κ1) is 32.8. The van der Waals surface area contributed by atoms with Crippen molar-refractivity contribution in [1.82, 2.24) is 9.80 Å². The van der Waals surface area contributed by atoms with Crippen LogP contribution in [0, 0.1) is 0 Å². The second-order valence-electron chi connectivity index (χ2n) is 9.74. The van der Waals surface area contributed by atoms with E-state index in [-0.39, 0.29) is 52.1 Å². The number of esters is 2. The van der Waals surface area contributed by atoms with Crippen LogP contribution in [0.15, 0.2) is 45.6 Å². The summed E-state index contributed by atoms with van der Waals surface area (Å²) in [7, 11) is 0. The van der Waals surface area contributed by atoms with Crippen LogP contribution in [-0.4, -0.2) is 101 Å². The molecule has 2 aliphatic rings. The first-order valence-corrected chi connectivity index (χ1v) is 13.5. The third-order valence-corrected chi connectivity index (χ3v) is 7.05. The molecule has 3 aromatic rings. The number of rotatable bonds is 10. The Morgan fingerprint density at radius 1 is 0.683 bits per heavy atom. The molecule has 0 spiro atoms. The van der Waals surface area contributed by atoms with E-state index < -0.39 is 11.9 Å². The highest BCUT2D eigenvalue weighted by molar-refractivity contribution is 5.99. The Morgan fingerprint density at radius 3 is 1.51 bits per heavy atom. The Bertz CT molecular complexity index is 1270. The zero-order chi connectivity index (χ0) is 27.0. The van der Waals surface area contributed by atoms with Gasteiger partial charge in [-0.05, 0) is 49.2 Å². The lowest BCUT2D eigenvalue weighted by Gasteiger charge is -2.26. The summed E-state index contributed by atoms with van der Waals surface area (Å²) >= 11 is 0. The Kier molecular flexibility index (Phi) is 12.8. The number of nitrogens with zero attached hydrogens (tertiary/aromatic N) is 2. The van der Waals surface area contributed by atoms with Crippen LogP contribution in [0.4, 0.5) is 0 Å². The Labute approximate surface area is 250 Å². The number of morpholine rings is 2. The van der Waals surface area contributed by atoms with Gasteiger partial charge >= 0.3 is 11.9 Å². The summed E-state index contributed by atoms with van der Waals surface area (Å²) in [4.78, 5) is 43.1. The van der Waals surface area contributed by atoms with E-state index in [2.05, 4.69) is 9.80 Å². The maximum Gasteiger partial charge on any atom is 0.338 e. The van der Waals surface area contributed by atoms with Crippen LogP contribution in [0.2, 0.25) is 0 Å². The second kappa shape index (κ2) is 16.1. The minimum absolute atomic E-state index is 0.